The van der Waals surface area contributed by atoms with Gasteiger partial charge in [-0.05, 0) is 6.42 Å². The van der Waals surface area contributed by atoms with Crippen LogP contribution in [0.3, 0.4) is 0 Å². The molecular formula is C12H21N3O4S. The number of sulfone groups is 1. The minimum absolute atomic E-state index is 0.0648. The van der Waals surface area contributed by atoms with Crippen LogP contribution in [0.15, 0.2) is 0 Å². The molecule has 0 spiro atoms. The quantitative estimate of drug-likeness (QED) is 0.844. The van der Waals surface area contributed by atoms with Crippen molar-refractivity contribution in [3.8, 4) is 0 Å². The lowest BCUT2D eigenvalue weighted by Crippen LogP contribution is -2.22. The zero-order valence-corrected chi connectivity index (χ0v) is 13.1. The Kier molecular flexibility index (Phi) is 4.90. The van der Waals surface area contributed by atoms with Crippen molar-refractivity contribution in [1.82, 2.24) is 15.0 Å². The van der Waals surface area contributed by atoms with Gasteiger partial charge in [-0.25, -0.2) is 17.9 Å². The molecule has 0 aliphatic carbocycles. The number of aromatic nitrogens is 3. The van der Waals surface area contributed by atoms with Gasteiger partial charge < -0.3 is 5.11 Å². The van der Waals surface area contributed by atoms with Gasteiger partial charge in [0, 0.05) is 17.7 Å². The molecule has 0 radical (unpaired) electrons. The molecule has 20 heavy (non-hydrogen) atoms. The molecule has 0 bridgehead atoms. The van der Waals surface area contributed by atoms with Crippen LogP contribution in [-0.2, 0) is 21.8 Å². The summed E-state index contributed by atoms with van der Waals surface area (Å²) in [4.78, 5) is 11.1. The maximum Gasteiger partial charge on any atom is 0.358 e. The van der Waals surface area contributed by atoms with E-state index < -0.39 is 21.2 Å². The number of hydrogen-bond donors (Lipinski definition) is 1. The van der Waals surface area contributed by atoms with Crippen molar-refractivity contribution in [3.05, 3.63) is 11.4 Å². The van der Waals surface area contributed by atoms with E-state index in [-0.39, 0.29) is 17.2 Å². The summed E-state index contributed by atoms with van der Waals surface area (Å²) >= 11 is 0. The molecule has 0 aliphatic heterocycles. The average molecular weight is 303 g/mol. The van der Waals surface area contributed by atoms with Gasteiger partial charge in [0.25, 0.3) is 0 Å². The van der Waals surface area contributed by atoms with Crippen molar-refractivity contribution in [2.75, 3.05) is 11.5 Å². The molecule has 0 amide bonds. The van der Waals surface area contributed by atoms with Gasteiger partial charge in [-0.3, -0.25) is 0 Å². The highest BCUT2D eigenvalue weighted by Crippen LogP contribution is 2.24. The molecule has 114 valence electrons. The first-order valence-electron chi connectivity index (χ1n) is 6.46. The van der Waals surface area contributed by atoms with Crippen LogP contribution in [0.1, 0.15) is 50.3 Å². The molecule has 1 N–H and O–H groups in total. The summed E-state index contributed by atoms with van der Waals surface area (Å²) in [6.45, 7) is 7.56. The fourth-order valence-electron chi connectivity index (χ4n) is 1.93. The number of hydrogen-bond acceptors (Lipinski definition) is 5. The molecule has 0 atom stereocenters. The van der Waals surface area contributed by atoms with Crippen LogP contribution in [0.2, 0.25) is 0 Å². The van der Waals surface area contributed by atoms with Crippen LogP contribution in [-0.4, -0.2) is 46.0 Å². The highest BCUT2D eigenvalue weighted by Gasteiger charge is 2.28. The van der Waals surface area contributed by atoms with E-state index in [4.69, 9.17) is 5.11 Å². The largest absolute Gasteiger partial charge is 0.476 e. The molecule has 8 heteroatoms. The number of carboxylic acid groups (broad SMARTS) is 1. The molecule has 0 aromatic carbocycles. The summed E-state index contributed by atoms with van der Waals surface area (Å²) in [5.74, 6) is -0.950. The van der Waals surface area contributed by atoms with Gasteiger partial charge in [-0.1, -0.05) is 32.9 Å². The van der Waals surface area contributed by atoms with Crippen LogP contribution < -0.4 is 0 Å². The Bertz CT molecular complexity index is 584. The van der Waals surface area contributed by atoms with Crippen LogP contribution in [0.4, 0.5) is 0 Å². The molecule has 1 heterocycles. The number of aryl methyl sites for hydroxylation is 1. The fraction of sp³-hybridized carbons (Fsp3) is 0.750. The van der Waals surface area contributed by atoms with Gasteiger partial charge in [-0.15, -0.1) is 5.10 Å². The summed E-state index contributed by atoms with van der Waals surface area (Å²) in [6.07, 6.45) is 0.391. The lowest BCUT2D eigenvalue weighted by molar-refractivity contribution is 0.0687. The third-order valence-electron chi connectivity index (χ3n) is 2.91. The second kappa shape index (κ2) is 5.90. The molecular weight excluding hydrogens is 282 g/mol. The molecule has 0 fully saturated rings. The standard InChI is InChI=1S/C12H21N3O4S/c1-5-20(18,19)8-6-7-15-10(12(2,3)4)9(11(16)17)13-14-15/h5-8H2,1-4H3,(H,16,17). The van der Waals surface area contributed by atoms with Gasteiger partial charge in [0.1, 0.15) is 9.84 Å². The molecule has 0 saturated heterocycles. The Balaban J connectivity index is 2.94. The predicted octanol–water partition coefficient (Wildman–Crippen LogP) is 1.10. The first kappa shape index (κ1) is 16.6. The smallest absolute Gasteiger partial charge is 0.358 e. The third kappa shape index (κ3) is 4.03. The van der Waals surface area contributed by atoms with Crippen molar-refractivity contribution in [2.45, 2.75) is 46.1 Å². The van der Waals surface area contributed by atoms with Crippen molar-refractivity contribution >= 4 is 15.8 Å². The van der Waals surface area contributed by atoms with E-state index in [1.807, 2.05) is 20.8 Å². The normalized spacial score (nSPS) is 12.6. The van der Waals surface area contributed by atoms with Gasteiger partial charge in [0.05, 0.1) is 11.4 Å². The fourth-order valence-corrected chi connectivity index (χ4v) is 2.79. The number of nitrogens with zero attached hydrogens (tertiary/aromatic N) is 3. The SMILES string of the molecule is CCS(=O)(=O)CCCn1nnc(C(=O)O)c1C(C)(C)C. The lowest BCUT2D eigenvalue weighted by Gasteiger charge is -2.20. The Morgan fingerprint density at radius 2 is 1.95 bits per heavy atom. The lowest BCUT2D eigenvalue weighted by atomic mass is 9.90. The summed E-state index contributed by atoms with van der Waals surface area (Å²) in [5.41, 5.74) is 0.00987. The maximum atomic E-state index is 11.4. The molecule has 0 saturated carbocycles. The van der Waals surface area contributed by atoms with Crippen LogP contribution in [0.25, 0.3) is 0 Å². The zero-order chi connectivity index (χ0) is 15.6. The number of aromatic carboxylic acids is 1. The van der Waals surface area contributed by atoms with E-state index in [1.165, 1.54) is 4.68 Å². The van der Waals surface area contributed by atoms with E-state index in [1.54, 1.807) is 6.92 Å². The van der Waals surface area contributed by atoms with Crippen molar-refractivity contribution < 1.29 is 18.3 Å². The average Bonchev–Trinajstić information content (AvgIpc) is 2.72. The maximum absolute atomic E-state index is 11.4. The Hall–Kier alpha value is -1.44. The second-order valence-electron chi connectivity index (χ2n) is 5.65. The first-order chi connectivity index (χ1) is 9.08. The van der Waals surface area contributed by atoms with E-state index in [9.17, 15) is 13.2 Å². The van der Waals surface area contributed by atoms with E-state index in [0.717, 1.165) is 0 Å². The van der Waals surface area contributed by atoms with Crippen LogP contribution in [0.5, 0.6) is 0 Å². The number of carboxylic acids is 1. The monoisotopic (exact) mass is 303 g/mol. The molecule has 0 aliphatic rings. The van der Waals surface area contributed by atoms with Gasteiger partial charge in [-0.2, -0.15) is 0 Å². The Labute approximate surface area is 118 Å². The third-order valence-corrected chi connectivity index (χ3v) is 4.70. The summed E-state index contributed by atoms with van der Waals surface area (Å²) in [7, 11) is -3.03. The highest BCUT2D eigenvalue weighted by molar-refractivity contribution is 7.91. The van der Waals surface area contributed by atoms with Gasteiger partial charge >= 0.3 is 5.97 Å². The first-order valence-corrected chi connectivity index (χ1v) is 8.28. The Morgan fingerprint density at radius 1 is 1.35 bits per heavy atom. The van der Waals surface area contributed by atoms with E-state index in [2.05, 4.69) is 10.3 Å². The van der Waals surface area contributed by atoms with Crippen LogP contribution in [0, 0.1) is 0 Å². The minimum Gasteiger partial charge on any atom is -0.476 e. The summed E-state index contributed by atoms with van der Waals surface area (Å²) in [6, 6.07) is 0. The summed E-state index contributed by atoms with van der Waals surface area (Å²) < 4.78 is 24.4. The molecule has 1 rings (SSSR count). The van der Waals surface area contributed by atoms with Crippen molar-refractivity contribution in [2.24, 2.45) is 0 Å². The van der Waals surface area contributed by atoms with Crippen LogP contribution >= 0.6 is 0 Å². The zero-order valence-electron chi connectivity index (χ0n) is 12.3. The topological polar surface area (TPSA) is 102 Å². The van der Waals surface area contributed by atoms with Gasteiger partial charge in [0.15, 0.2) is 5.69 Å². The van der Waals surface area contributed by atoms with Crippen molar-refractivity contribution in [3.63, 3.8) is 0 Å². The van der Waals surface area contributed by atoms with Gasteiger partial charge in [0.2, 0.25) is 0 Å². The molecule has 0 unspecified atom stereocenters. The number of carbonyl (C=O) groups is 1. The van der Waals surface area contributed by atoms with Crippen molar-refractivity contribution in [1.29, 1.82) is 0 Å². The molecule has 1 aromatic heterocycles. The molecule has 7 nitrogen and oxygen atoms in total. The van der Waals surface area contributed by atoms with E-state index >= 15 is 0 Å². The minimum atomic E-state index is -3.03. The predicted molar refractivity (Wildman–Crippen MR) is 74.6 cm³/mol. The molecule has 1 aromatic rings. The Morgan fingerprint density at radius 3 is 2.40 bits per heavy atom. The highest BCUT2D eigenvalue weighted by atomic mass is 32.2. The van der Waals surface area contributed by atoms with E-state index in [0.29, 0.717) is 18.7 Å². The summed E-state index contributed by atoms with van der Waals surface area (Å²) in [5, 5.41) is 16.6. The number of rotatable bonds is 6. The second-order valence-corrected chi connectivity index (χ2v) is 8.13.